The number of thioether (sulfide) groups is 1. The lowest BCUT2D eigenvalue weighted by Crippen LogP contribution is -2.30. The molecule has 1 nitrogen and oxygen atoms in total. The average Bonchev–Trinajstić information content (AvgIpc) is 2.26. The highest BCUT2D eigenvalue weighted by molar-refractivity contribution is 7.99. The number of halogens is 3. The van der Waals surface area contributed by atoms with E-state index in [1.165, 1.54) is 5.56 Å². The monoisotopic (exact) mass is 291 g/mol. The van der Waals surface area contributed by atoms with Gasteiger partial charge in [-0.1, -0.05) is 32.9 Å². The Morgan fingerprint density at radius 1 is 1.05 bits per heavy atom. The molecule has 0 aliphatic rings. The molecule has 0 fully saturated rings. The van der Waals surface area contributed by atoms with E-state index in [2.05, 4.69) is 38.2 Å². The van der Waals surface area contributed by atoms with Crippen LogP contribution in [0.4, 0.5) is 13.2 Å². The van der Waals surface area contributed by atoms with Crippen molar-refractivity contribution < 1.29 is 13.2 Å². The summed E-state index contributed by atoms with van der Waals surface area (Å²) in [6.45, 7) is 5.88. The van der Waals surface area contributed by atoms with Crippen molar-refractivity contribution in [3.8, 4) is 0 Å². The van der Waals surface area contributed by atoms with E-state index >= 15 is 0 Å². The normalized spacial score (nSPS) is 12.7. The average molecular weight is 291 g/mol. The largest absolute Gasteiger partial charge is 0.401 e. The molecule has 1 rings (SSSR count). The van der Waals surface area contributed by atoms with Gasteiger partial charge in [0.1, 0.15) is 0 Å². The van der Waals surface area contributed by atoms with Crippen LogP contribution in [0.2, 0.25) is 0 Å². The lowest BCUT2D eigenvalue weighted by Gasteiger charge is -2.19. The topological polar surface area (TPSA) is 12.0 Å². The maximum absolute atomic E-state index is 11.9. The number of hydrogen-bond donors (Lipinski definition) is 1. The molecule has 19 heavy (non-hydrogen) atoms. The quantitative estimate of drug-likeness (QED) is 0.643. The molecule has 0 atom stereocenters. The van der Waals surface area contributed by atoms with Gasteiger partial charge in [-0.25, -0.2) is 0 Å². The maximum Gasteiger partial charge on any atom is 0.401 e. The summed E-state index contributed by atoms with van der Waals surface area (Å²) in [4.78, 5) is 1.09. The fourth-order valence-electron chi connectivity index (χ4n) is 1.52. The Bertz CT molecular complexity index is 379. The third-order valence-electron chi connectivity index (χ3n) is 2.59. The zero-order valence-corrected chi connectivity index (χ0v) is 12.3. The molecule has 0 bridgehead atoms. The first kappa shape index (κ1) is 16.4. The number of hydrogen-bond acceptors (Lipinski definition) is 2. The van der Waals surface area contributed by atoms with E-state index in [1.54, 1.807) is 11.8 Å². The summed E-state index contributed by atoms with van der Waals surface area (Å²) in [5, 5.41) is 2.39. The molecule has 1 aromatic carbocycles. The zero-order valence-electron chi connectivity index (χ0n) is 11.5. The molecule has 0 amide bonds. The summed E-state index contributed by atoms with van der Waals surface area (Å²) >= 11 is 1.56. The summed E-state index contributed by atoms with van der Waals surface area (Å²) in [6, 6.07) is 8.20. The van der Waals surface area contributed by atoms with Crippen molar-refractivity contribution in [3.05, 3.63) is 29.8 Å². The van der Waals surface area contributed by atoms with E-state index in [0.29, 0.717) is 12.3 Å². The first-order valence-electron chi connectivity index (χ1n) is 6.19. The molecule has 108 valence electrons. The molecule has 1 aromatic rings. The molecule has 0 radical (unpaired) electrons. The number of nitrogens with one attached hydrogen (secondary N) is 1. The van der Waals surface area contributed by atoms with Crippen LogP contribution in [-0.2, 0) is 5.41 Å². The molecule has 0 aliphatic heterocycles. The molecular weight excluding hydrogens is 271 g/mol. The van der Waals surface area contributed by atoms with Crippen molar-refractivity contribution >= 4 is 11.8 Å². The number of benzene rings is 1. The molecule has 0 aromatic heterocycles. The van der Waals surface area contributed by atoms with Crippen molar-refractivity contribution in [2.24, 2.45) is 0 Å². The van der Waals surface area contributed by atoms with E-state index in [0.717, 1.165) is 4.90 Å². The van der Waals surface area contributed by atoms with Crippen LogP contribution in [0, 0.1) is 0 Å². The van der Waals surface area contributed by atoms with Gasteiger partial charge in [-0.15, -0.1) is 11.8 Å². The van der Waals surface area contributed by atoms with Crippen LogP contribution in [0.1, 0.15) is 26.3 Å². The second-order valence-corrected chi connectivity index (χ2v) is 6.58. The Balaban J connectivity index is 2.31. The fraction of sp³-hybridized carbons (Fsp3) is 0.571. The van der Waals surface area contributed by atoms with Gasteiger partial charge in [-0.2, -0.15) is 13.2 Å². The first-order chi connectivity index (χ1) is 8.68. The summed E-state index contributed by atoms with van der Waals surface area (Å²) in [6.07, 6.45) is -4.13. The summed E-state index contributed by atoms with van der Waals surface area (Å²) in [5.74, 6) is 0.630. The van der Waals surface area contributed by atoms with Gasteiger partial charge in [0.25, 0.3) is 0 Å². The van der Waals surface area contributed by atoms with Crippen molar-refractivity contribution in [1.29, 1.82) is 0 Å². The van der Waals surface area contributed by atoms with Crippen LogP contribution >= 0.6 is 11.8 Å². The van der Waals surface area contributed by atoms with Crippen LogP contribution in [0.3, 0.4) is 0 Å². The van der Waals surface area contributed by atoms with Gasteiger partial charge < -0.3 is 5.32 Å². The van der Waals surface area contributed by atoms with Crippen LogP contribution < -0.4 is 5.32 Å². The van der Waals surface area contributed by atoms with Crippen molar-refractivity contribution in [3.63, 3.8) is 0 Å². The second-order valence-electron chi connectivity index (χ2n) is 5.41. The predicted molar refractivity (Wildman–Crippen MR) is 74.8 cm³/mol. The maximum atomic E-state index is 11.9. The Kier molecular flexibility index (Phi) is 5.74. The smallest absolute Gasteiger partial charge is 0.308 e. The highest BCUT2D eigenvalue weighted by Gasteiger charge is 2.25. The Morgan fingerprint density at radius 3 is 2.11 bits per heavy atom. The van der Waals surface area contributed by atoms with Crippen molar-refractivity contribution in [2.75, 3.05) is 18.8 Å². The third kappa shape index (κ3) is 6.87. The van der Waals surface area contributed by atoms with Crippen LogP contribution in [0.15, 0.2) is 29.2 Å². The zero-order chi connectivity index (χ0) is 14.5. The van der Waals surface area contributed by atoms with Gasteiger partial charge in [0.2, 0.25) is 0 Å². The summed E-state index contributed by atoms with van der Waals surface area (Å²) in [5.41, 5.74) is 1.38. The van der Waals surface area contributed by atoms with E-state index in [9.17, 15) is 13.2 Å². The Labute approximate surface area is 117 Å². The van der Waals surface area contributed by atoms with E-state index in [-0.39, 0.29) is 5.41 Å². The molecule has 0 saturated heterocycles. The minimum absolute atomic E-state index is 0.122. The van der Waals surface area contributed by atoms with Crippen LogP contribution in [0.5, 0.6) is 0 Å². The molecule has 0 heterocycles. The van der Waals surface area contributed by atoms with Crippen molar-refractivity contribution in [2.45, 2.75) is 37.3 Å². The molecule has 0 unspecified atom stereocenters. The SMILES string of the molecule is CC(C)(C)c1ccc(SCCNCC(F)(F)F)cc1. The van der Waals surface area contributed by atoms with Gasteiger partial charge in [0.15, 0.2) is 0 Å². The third-order valence-corrected chi connectivity index (χ3v) is 3.61. The molecule has 0 aliphatic carbocycles. The Hall–Kier alpha value is -0.680. The number of rotatable bonds is 5. The van der Waals surface area contributed by atoms with Gasteiger partial charge in [0, 0.05) is 17.2 Å². The van der Waals surface area contributed by atoms with Gasteiger partial charge in [-0.3, -0.25) is 0 Å². The minimum Gasteiger partial charge on any atom is -0.308 e. The van der Waals surface area contributed by atoms with Gasteiger partial charge >= 0.3 is 6.18 Å². The first-order valence-corrected chi connectivity index (χ1v) is 7.18. The summed E-state index contributed by atoms with van der Waals surface area (Å²) < 4.78 is 35.7. The second kappa shape index (κ2) is 6.66. The summed E-state index contributed by atoms with van der Waals surface area (Å²) in [7, 11) is 0. The van der Waals surface area contributed by atoms with E-state index in [1.807, 2.05) is 12.1 Å². The van der Waals surface area contributed by atoms with Crippen LogP contribution in [0.25, 0.3) is 0 Å². The molecule has 5 heteroatoms. The lowest BCUT2D eigenvalue weighted by atomic mass is 9.87. The fourth-order valence-corrected chi connectivity index (χ4v) is 2.33. The highest BCUT2D eigenvalue weighted by Crippen LogP contribution is 2.25. The predicted octanol–water partition coefficient (Wildman–Crippen LogP) is 4.23. The highest BCUT2D eigenvalue weighted by atomic mass is 32.2. The lowest BCUT2D eigenvalue weighted by molar-refractivity contribution is -0.124. The molecule has 0 spiro atoms. The Morgan fingerprint density at radius 2 is 1.63 bits per heavy atom. The van der Waals surface area contributed by atoms with Crippen molar-refractivity contribution in [1.82, 2.24) is 5.32 Å². The standard InChI is InChI=1S/C14H20F3NS/c1-13(2,3)11-4-6-12(7-5-11)19-9-8-18-10-14(15,16)17/h4-7,18H,8-10H2,1-3H3. The molecular formula is C14H20F3NS. The van der Waals surface area contributed by atoms with Gasteiger partial charge in [0.05, 0.1) is 6.54 Å². The van der Waals surface area contributed by atoms with E-state index < -0.39 is 12.7 Å². The minimum atomic E-state index is -4.13. The molecule has 1 N–H and O–H groups in total. The van der Waals surface area contributed by atoms with Crippen LogP contribution in [-0.4, -0.2) is 25.0 Å². The van der Waals surface area contributed by atoms with Gasteiger partial charge in [-0.05, 0) is 23.1 Å². The number of alkyl halides is 3. The molecule has 0 saturated carbocycles. The van der Waals surface area contributed by atoms with E-state index in [4.69, 9.17) is 0 Å².